The molecule has 0 unspecified atom stereocenters. The van der Waals surface area contributed by atoms with Crippen LogP contribution in [-0.4, -0.2) is 36.1 Å². The SMILES string of the molecule is COc1ccc(OCCNC(=O)CCCc2nc3ccccc3c(=O)[nH]2)cc1. The van der Waals surface area contributed by atoms with E-state index in [9.17, 15) is 9.59 Å². The van der Waals surface area contributed by atoms with Gasteiger partial charge in [0.25, 0.3) is 5.56 Å². The second-order valence-corrected chi connectivity index (χ2v) is 6.26. The first-order valence-electron chi connectivity index (χ1n) is 9.17. The molecule has 7 nitrogen and oxygen atoms in total. The maximum Gasteiger partial charge on any atom is 0.258 e. The van der Waals surface area contributed by atoms with Crippen LogP contribution in [0.5, 0.6) is 11.5 Å². The van der Waals surface area contributed by atoms with E-state index in [4.69, 9.17) is 9.47 Å². The summed E-state index contributed by atoms with van der Waals surface area (Å²) in [5, 5.41) is 3.39. The monoisotopic (exact) mass is 381 g/mol. The average molecular weight is 381 g/mol. The summed E-state index contributed by atoms with van der Waals surface area (Å²) in [6.07, 6.45) is 1.50. The molecule has 1 heterocycles. The Morgan fingerprint density at radius 3 is 2.64 bits per heavy atom. The molecule has 146 valence electrons. The second kappa shape index (κ2) is 9.55. The highest BCUT2D eigenvalue weighted by Gasteiger charge is 2.05. The second-order valence-electron chi connectivity index (χ2n) is 6.26. The van der Waals surface area contributed by atoms with Gasteiger partial charge in [0.2, 0.25) is 5.91 Å². The number of carbonyl (C=O) groups is 1. The lowest BCUT2D eigenvalue weighted by Crippen LogP contribution is -2.28. The van der Waals surface area contributed by atoms with Crippen molar-refractivity contribution < 1.29 is 14.3 Å². The Bertz CT molecular complexity index is 983. The van der Waals surface area contributed by atoms with E-state index in [-0.39, 0.29) is 11.5 Å². The van der Waals surface area contributed by atoms with Crippen molar-refractivity contribution in [2.75, 3.05) is 20.3 Å². The number of benzene rings is 2. The summed E-state index contributed by atoms with van der Waals surface area (Å²) in [5.74, 6) is 2.03. The van der Waals surface area contributed by atoms with Gasteiger partial charge in [-0.3, -0.25) is 9.59 Å². The molecule has 2 aromatic carbocycles. The zero-order valence-electron chi connectivity index (χ0n) is 15.7. The summed E-state index contributed by atoms with van der Waals surface area (Å²) in [6.45, 7) is 0.813. The van der Waals surface area contributed by atoms with Crippen LogP contribution in [-0.2, 0) is 11.2 Å². The van der Waals surface area contributed by atoms with Crippen molar-refractivity contribution in [3.63, 3.8) is 0 Å². The van der Waals surface area contributed by atoms with Crippen LogP contribution in [0.1, 0.15) is 18.7 Å². The van der Waals surface area contributed by atoms with E-state index in [2.05, 4.69) is 15.3 Å². The van der Waals surface area contributed by atoms with Gasteiger partial charge in [-0.05, 0) is 42.8 Å². The molecule has 0 aliphatic rings. The van der Waals surface area contributed by atoms with Crippen LogP contribution in [0.4, 0.5) is 0 Å². The first-order chi connectivity index (χ1) is 13.7. The van der Waals surface area contributed by atoms with Gasteiger partial charge in [0.15, 0.2) is 0 Å². The van der Waals surface area contributed by atoms with Crippen LogP contribution in [0.3, 0.4) is 0 Å². The minimum Gasteiger partial charge on any atom is -0.497 e. The number of aromatic amines is 1. The Labute approximate surface area is 162 Å². The third-order valence-corrected chi connectivity index (χ3v) is 4.23. The lowest BCUT2D eigenvalue weighted by molar-refractivity contribution is -0.121. The highest BCUT2D eigenvalue weighted by Crippen LogP contribution is 2.16. The van der Waals surface area contributed by atoms with E-state index < -0.39 is 0 Å². The fourth-order valence-corrected chi connectivity index (χ4v) is 2.79. The Balaban J connectivity index is 1.37. The maximum absolute atomic E-state index is 12.0. The van der Waals surface area contributed by atoms with Crippen molar-refractivity contribution in [2.24, 2.45) is 0 Å². The van der Waals surface area contributed by atoms with Crippen molar-refractivity contribution in [2.45, 2.75) is 19.3 Å². The maximum atomic E-state index is 12.0. The minimum absolute atomic E-state index is 0.0542. The quantitative estimate of drug-likeness (QED) is 0.556. The van der Waals surface area contributed by atoms with Crippen LogP contribution in [0.15, 0.2) is 53.3 Å². The van der Waals surface area contributed by atoms with E-state index in [1.807, 2.05) is 42.5 Å². The zero-order chi connectivity index (χ0) is 19.8. The molecule has 0 radical (unpaired) electrons. The standard InChI is InChI=1S/C21H23N3O4/c1-27-15-9-11-16(12-10-15)28-14-13-22-20(25)8-4-7-19-23-18-6-3-2-5-17(18)21(26)24-19/h2-3,5-6,9-12H,4,7-8,13-14H2,1H3,(H,22,25)(H,23,24,26). The third kappa shape index (κ3) is 5.33. The first kappa shape index (κ1) is 19.4. The van der Waals surface area contributed by atoms with Crippen LogP contribution in [0, 0.1) is 0 Å². The zero-order valence-corrected chi connectivity index (χ0v) is 15.7. The van der Waals surface area contributed by atoms with Gasteiger partial charge in [-0.25, -0.2) is 4.98 Å². The normalized spacial score (nSPS) is 10.6. The number of nitrogens with one attached hydrogen (secondary N) is 2. The number of hydrogen-bond acceptors (Lipinski definition) is 5. The number of hydrogen-bond donors (Lipinski definition) is 2. The molecular weight excluding hydrogens is 358 g/mol. The number of amides is 1. The summed E-state index contributed by atoms with van der Waals surface area (Å²) in [7, 11) is 1.61. The van der Waals surface area contributed by atoms with Crippen LogP contribution < -0.4 is 20.3 Å². The average Bonchev–Trinajstić information content (AvgIpc) is 2.72. The van der Waals surface area contributed by atoms with E-state index in [1.54, 1.807) is 13.2 Å². The molecule has 28 heavy (non-hydrogen) atoms. The molecular formula is C21H23N3O4. The van der Waals surface area contributed by atoms with Gasteiger partial charge >= 0.3 is 0 Å². The van der Waals surface area contributed by atoms with Gasteiger partial charge in [0.1, 0.15) is 23.9 Å². The molecule has 7 heteroatoms. The number of para-hydroxylation sites is 1. The predicted octanol–water partition coefficient (Wildman–Crippen LogP) is 2.45. The Morgan fingerprint density at radius 1 is 1.11 bits per heavy atom. The summed E-state index contributed by atoms with van der Waals surface area (Å²) in [5.41, 5.74) is 0.516. The summed E-state index contributed by atoms with van der Waals surface area (Å²) >= 11 is 0. The topological polar surface area (TPSA) is 93.3 Å². The lowest BCUT2D eigenvalue weighted by atomic mass is 10.2. The fourth-order valence-electron chi connectivity index (χ4n) is 2.79. The molecule has 0 saturated heterocycles. The Morgan fingerprint density at radius 2 is 1.86 bits per heavy atom. The number of fused-ring (bicyclic) bond motifs is 1. The highest BCUT2D eigenvalue weighted by molar-refractivity contribution is 5.77. The number of ether oxygens (including phenoxy) is 2. The van der Waals surface area contributed by atoms with E-state index in [0.717, 1.165) is 11.5 Å². The minimum atomic E-state index is -0.152. The van der Waals surface area contributed by atoms with Crippen molar-refractivity contribution in [1.29, 1.82) is 0 Å². The molecule has 2 N–H and O–H groups in total. The van der Waals surface area contributed by atoms with Crippen molar-refractivity contribution >= 4 is 16.8 Å². The number of H-pyrrole nitrogens is 1. The Hall–Kier alpha value is -3.35. The number of aromatic nitrogens is 2. The van der Waals surface area contributed by atoms with Gasteiger partial charge in [0, 0.05) is 12.8 Å². The molecule has 1 aromatic heterocycles. The largest absolute Gasteiger partial charge is 0.497 e. The molecule has 3 rings (SSSR count). The Kier molecular flexibility index (Phi) is 6.62. The third-order valence-electron chi connectivity index (χ3n) is 4.23. The van der Waals surface area contributed by atoms with Gasteiger partial charge in [-0.1, -0.05) is 12.1 Å². The number of aryl methyl sites for hydroxylation is 1. The number of carbonyl (C=O) groups excluding carboxylic acids is 1. The van der Waals surface area contributed by atoms with Crippen LogP contribution in [0.25, 0.3) is 10.9 Å². The smallest absolute Gasteiger partial charge is 0.258 e. The molecule has 0 bridgehead atoms. The van der Waals surface area contributed by atoms with Crippen LogP contribution >= 0.6 is 0 Å². The van der Waals surface area contributed by atoms with Crippen molar-refractivity contribution in [3.05, 3.63) is 64.7 Å². The van der Waals surface area contributed by atoms with Gasteiger partial charge in [-0.15, -0.1) is 0 Å². The molecule has 0 aliphatic heterocycles. The van der Waals surface area contributed by atoms with Crippen molar-refractivity contribution in [1.82, 2.24) is 15.3 Å². The summed E-state index contributed by atoms with van der Waals surface area (Å²) in [4.78, 5) is 31.2. The number of methoxy groups -OCH3 is 1. The molecule has 0 atom stereocenters. The van der Waals surface area contributed by atoms with Gasteiger partial charge < -0.3 is 19.8 Å². The van der Waals surface area contributed by atoms with Crippen LogP contribution in [0.2, 0.25) is 0 Å². The summed E-state index contributed by atoms with van der Waals surface area (Å²) in [6, 6.07) is 14.5. The lowest BCUT2D eigenvalue weighted by Gasteiger charge is -2.08. The van der Waals surface area contributed by atoms with E-state index in [1.165, 1.54) is 0 Å². The summed E-state index contributed by atoms with van der Waals surface area (Å²) < 4.78 is 10.7. The fraction of sp³-hybridized carbons (Fsp3) is 0.286. The number of rotatable bonds is 9. The molecule has 3 aromatic rings. The molecule has 0 spiro atoms. The molecule has 0 aliphatic carbocycles. The molecule has 1 amide bonds. The predicted molar refractivity (Wildman–Crippen MR) is 107 cm³/mol. The van der Waals surface area contributed by atoms with Gasteiger partial charge in [-0.2, -0.15) is 0 Å². The van der Waals surface area contributed by atoms with E-state index >= 15 is 0 Å². The molecule has 0 saturated carbocycles. The van der Waals surface area contributed by atoms with Gasteiger partial charge in [0.05, 0.1) is 24.6 Å². The highest BCUT2D eigenvalue weighted by atomic mass is 16.5. The van der Waals surface area contributed by atoms with Crippen molar-refractivity contribution in [3.8, 4) is 11.5 Å². The van der Waals surface area contributed by atoms with E-state index in [0.29, 0.717) is 49.1 Å². The molecule has 0 fully saturated rings. The number of nitrogens with zero attached hydrogens (tertiary/aromatic N) is 1. The first-order valence-corrected chi connectivity index (χ1v) is 9.17.